The molecule has 2 fully saturated rings. The van der Waals surface area contributed by atoms with E-state index < -0.39 is 69.2 Å². The lowest BCUT2D eigenvalue weighted by atomic mass is 9.91. The highest BCUT2D eigenvalue weighted by Crippen LogP contribution is 2.56. The highest BCUT2D eigenvalue weighted by Gasteiger charge is 2.62. The topological polar surface area (TPSA) is 86.7 Å². The van der Waals surface area contributed by atoms with Gasteiger partial charge in [0.15, 0.2) is 5.60 Å². The van der Waals surface area contributed by atoms with Gasteiger partial charge in [-0.1, -0.05) is 18.2 Å². The van der Waals surface area contributed by atoms with E-state index >= 15 is 4.39 Å². The smallest absolute Gasteiger partial charge is 0.257 e. The molecule has 3 atom stereocenters. The Kier molecular flexibility index (Phi) is 6.91. The Hall–Kier alpha value is -2.57. The van der Waals surface area contributed by atoms with Gasteiger partial charge >= 0.3 is 0 Å². The summed E-state index contributed by atoms with van der Waals surface area (Å²) in [5.74, 6) is -3.68. The number of alkyl halides is 2. The van der Waals surface area contributed by atoms with Crippen molar-refractivity contribution in [1.82, 2.24) is 9.62 Å². The Bertz CT molecular complexity index is 1260. The average Bonchev–Trinajstić information content (AvgIpc) is 3.54. The lowest BCUT2D eigenvalue weighted by molar-refractivity contribution is -0.152. The number of carbonyl (C=O) groups excluding carboxylic acids is 1. The van der Waals surface area contributed by atoms with Crippen molar-refractivity contribution < 1.29 is 40.3 Å². The highest BCUT2D eigenvalue weighted by molar-refractivity contribution is 7.89. The number of carbonyl (C=O) groups is 1. The Morgan fingerprint density at radius 1 is 1.17 bits per heavy atom. The summed E-state index contributed by atoms with van der Waals surface area (Å²) >= 11 is 0. The van der Waals surface area contributed by atoms with Gasteiger partial charge in [-0.15, -0.1) is 0 Å². The summed E-state index contributed by atoms with van der Waals surface area (Å²) in [6.07, 6.45) is 0.679. The average molecular weight is 533 g/mol. The fourth-order valence-corrected chi connectivity index (χ4v) is 5.77. The minimum atomic E-state index is -4.39. The molecule has 1 saturated carbocycles. The first kappa shape index (κ1) is 26.5. The third-order valence-electron chi connectivity index (χ3n) is 6.94. The molecule has 12 heteroatoms. The molecule has 36 heavy (non-hydrogen) atoms. The van der Waals surface area contributed by atoms with Gasteiger partial charge in [-0.05, 0) is 49.4 Å². The van der Waals surface area contributed by atoms with Crippen LogP contribution in [0.5, 0.6) is 0 Å². The number of sulfonamides is 1. The van der Waals surface area contributed by atoms with Crippen LogP contribution >= 0.6 is 0 Å². The molecule has 1 aliphatic carbocycles. The number of nitrogens with zero attached hydrogens (tertiary/aromatic N) is 1. The van der Waals surface area contributed by atoms with Crippen molar-refractivity contribution in [2.45, 2.75) is 43.9 Å². The molecule has 2 aromatic carbocycles. The number of hydrogen-bond donors (Lipinski definition) is 2. The molecule has 2 aliphatic rings. The van der Waals surface area contributed by atoms with Crippen LogP contribution in [0.4, 0.5) is 22.0 Å². The van der Waals surface area contributed by atoms with Crippen LogP contribution < -0.4 is 4.72 Å². The zero-order chi connectivity index (χ0) is 26.5. The molecule has 0 radical (unpaired) electrons. The summed E-state index contributed by atoms with van der Waals surface area (Å²) in [6, 6.07) is 2.83. The first-order chi connectivity index (χ1) is 16.8. The number of nitrogens with one attached hydrogen (secondary N) is 1. The van der Waals surface area contributed by atoms with Crippen LogP contribution in [-0.2, 0) is 21.2 Å². The molecule has 0 bridgehead atoms. The quantitative estimate of drug-likeness (QED) is 0.512. The maximum Gasteiger partial charge on any atom is 0.257 e. The Morgan fingerprint density at radius 2 is 1.81 bits per heavy atom. The number of aliphatic hydroxyl groups is 1. The number of hydrogen-bond acceptors (Lipinski definition) is 4. The summed E-state index contributed by atoms with van der Waals surface area (Å²) in [5.41, 5.74) is -3.38. The van der Waals surface area contributed by atoms with Crippen LogP contribution in [-0.4, -0.2) is 61.2 Å². The van der Waals surface area contributed by atoms with Crippen molar-refractivity contribution in [1.29, 1.82) is 0 Å². The standard InChI is InChI=1S/C24H25F5N2O4S/c1-23(33,11-25)22(32)31-12-24(5-6-24)21(30-36(34,35)13-26)19(31)9-14-3-2-4-18(20(14)29)15-7-16(27)10-17(28)8-15/h2-4,7-8,10,19,21,30,33H,5-6,9,11-13H2,1H3/t19-,21+,23+/m0/s1. The maximum absolute atomic E-state index is 15.6. The van der Waals surface area contributed by atoms with E-state index in [2.05, 4.69) is 4.72 Å². The molecular formula is C24H25F5N2O4S. The Labute approximate surface area is 205 Å². The van der Waals surface area contributed by atoms with Crippen LogP contribution in [0.25, 0.3) is 11.1 Å². The number of likely N-dealkylation sites (tertiary alicyclic amines) is 1. The summed E-state index contributed by atoms with van der Waals surface area (Å²) in [6.45, 7) is -0.467. The van der Waals surface area contributed by atoms with Crippen molar-refractivity contribution in [2.24, 2.45) is 5.41 Å². The van der Waals surface area contributed by atoms with Gasteiger partial charge in [0.25, 0.3) is 5.91 Å². The van der Waals surface area contributed by atoms with Crippen LogP contribution in [0.2, 0.25) is 0 Å². The van der Waals surface area contributed by atoms with Gasteiger partial charge in [0.05, 0.1) is 6.04 Å². The SMILES string of the molecule is C[C@@](O)(CF)C(=O)N1CC2(CC2)[C@H](NS(=O)(=O)CF)[C@@H]1Cc1cccc(-c2cc(F)cc(F)c2)c1F. The second kappa shape index (κ2) is 9.38. The molecule has 1 amide bonds. The molecule has 1 spiro atoms. The second-order valence-corrected chi connectivity index (χ2v) is 11.4. The van der Waals surface area contributed by atoms with Gasteiger partial charge in [-0.2, -0.15) is 0 Å². The van der Waals surface area contributed by atoms with E-state index in [1.807, 2.05) is 0 Å². The lowest BCUT2D eigenvalue weighted by Crippen LogP contribution is -2.54. The first-order valence-corrected chi connectivity index (χ1v) is 12.9. The number of rotatable bonds is 8. The Morgan fingerprint density at radius 3 is 2.36 bits per heavy atom. The maximum atomic E-state index is 15.6. The van der Waals surface area contributed by atoms with Gasteiger partial charge in [0.2, 0.25) is 16.0 Å². The second-order valence-electron chi connectivity index (χ2n) is 9.73. The van der Waals surface area contributed by atoms with E-state index in [0.29, 0.717) is 18.9 Å². The molecule has 1 saturated heterocycles. The van der Waals surface area contributed by atoms with Gasteiger partial charge in [-0.25, -0.2) is 35.1 Å². The number of amides is 1. The monoisotopic (exact) mass is 532 g/mol. The number of halogens is 5. The normalized spacial score (nSPS) is 22.6. The van der Waals surface area contributed by atoms with E-state index in [1.54, 1.807) is 0 Å². The first-order valence-electron chi connectivity index (χ1n) is 11.2. The molecule has 2 aromatic rings. The molecular weight excluding hydrogens is 507 g/mol. The Balaban J connectivity index is 1.76. The van der Waals surface area contributed by atoms with Crippen LogP contribution in [0.3, 0.4) is 0 Å². The third-order valence-corrected chi connectivity index (χ3v) is 7.84. The fourth-order valence-electron chi connectivity index (χ4n) is 4.91. The van der Waals surface area contributed by atoms with Crippen LogP contribution in [0.1, 0.15) is 25.3 Å². The predicted molar refractivity (Wildman–Crippen MR) is 121 cm³/mol. The van der Waals surface area contributed by atoms with Crippen molar-refractivity contribution >= 4 is 15.9 Å². The van der Waals surface area contributed by atoms with Crippen molar-refractivity contribution in [2.75, 3.05) is 19.2 Å². The summed E-state index contributed by atoms with van der Waals surface area (Å²) in [5, 5.41) is 10.3. The van der Waals surface area contributed by atoms with Gasteiger partial charge in [0, 0.05) is 29.6 Å². The van der Waals surface area contributed by atoms with Crippen molar-refractivity contribution in [3.8, 4) is 11.1 Å². The minimum Gasteiger partial charge on any atom is -0.378 e. The molecule has 2 N–H and O–H groups in total. The minimum absolute atomic E-state index is 0.0120. The summed E-state index contributed by atoms with van der Waals surface area (Å²) in [4.78, 5) is 14.2. The molecule has 6 nitrogen and oxygen atoms in total. The fraction of sp³-hybridized carbons (Fsp3) is 0.458. The molecule has 0 unspecified atom stereocenters. The van der Waals surface area contributed by atoms with Gasteiger partial charge in [-0.3, -0.25) is 4.79 Å². The molecule has 1 aliphatic heterocycles. The van der Waals surface area contributed by atoms with Crippen molar-refractivity contribution in [3.63, 3.8) is 0 Å². The van der Waals surface area contributed by atoms with Crippen molar-refractivity contribution in [3.05, 3.63) is 59.4 Å². The summed E-state index contributed by atoms with van der Waals surface area (Å²) < 4.78 is 96.2. The van der Waals surface area contributed by atoms with Gasteiger partial charge in [0.1, 0.15) is 24.1 Å². The zero-order valence-electron chi connectivity index (χ0n) is 19.3. The highest BCUT2D eigenvalue weighted by atomic mass is 32.2. The van der Waals surface area contributed by atoms with E-state index in [1.165, 1.54) is 18.2 Å². The lowest BCUT2D eigenvalue weighted by Gasteiger charge is -2.33. The third kappa shape index (κ3) is 4.98. The molecule has 0 aromatic heterocycles. The molecule has 1 heterocycles. The molecule has 4 rings (SSSR count). The predicted octanol–water partition coefficient (Wildman–Crippen LogP) is 3.24. The van der Waals surface area contributed by atoms with E-state index in [-0.39, 0.29) is 29.7 Å². The molecule has 196 valence electrons. The van der Waals surface area contributed by atoms with E-state index in [9.17, 15) is 35.9 Å². The van der Waals surface area contributed by atoms with E-state index in [4.69, 9.17) is 0 Å². The number of benzene rings is 2. The summed E-state index contributed by atoms with van der Waals surface area (Å²) in [7, 11) is -4.39. The largest absolute Gasteiger partial charge is 0.378 e. The van der Waals surface area contributed by atoms with Gasteiger partial charge < -0.3 is 10.0 Å². The van der Waals surface area contributed by atoms with E-state index in [0.717, 1.165) is 24.0 Å². The zero-order valence-corrected chi connectivity index (χ0v) is 20.1. The van der Waals surface area contributed by atoms with Crippen LogP contribution in [0.15, 0.2) is 36.4 Å². The van der Waals surface area contributed by atoms with Crippen LogP contribution in [0, 0.1) is 22.9 Å².